The molecule has 9 nitrogen and oxygen atoms in total. The smallest absolute Gasteiger partial charge is 0.319 e. The summed E-state index contributed by atoms with van der Waals surface area (Å²) in [7, 11) is 0. The van der Waals surface area contributed by atoms with Crippen molar-refractivity contribution in [2.24, 2.45) is 0 Å². The number of hydrogen-bond donors (Lipinski definition) is 3. The van der Waals surface area contributed by atoms with Crippen molar-refractivity contribution in [2.45, 2.75) is 12.8 Å². The third-order valence-corrected chi connectivity index (χ3v) is 2.10. The molecule has 1 aromatic heterocycles. The van der Waals surface area contributed by atoms with E-state index in [4.69, 9.17) is 5.11 Å². The van der Waals surface area contributed by atoms with Crippen molar-refractivity contribution in [1.82, 2.24) is 10.3 Å². The van der Waals surface area contributed by atoms with E-state index in [9.17, 15) is 19.7 Å². The molecule has 0 aliphatic rings. The molecular weight excluding hydrogens is 256 g/mol. The van der Waals surface area contributed by atoms with Crippen LogP contribution in [-0.4, -0.2) is 33.6 Å². The third kappa shape index (κ3) is 4.98. The molecule has 0 spiro atoms. The summed E-state index contributed by atoms with van der Waals surface area (Å²) in [6.07, 6.45) is 2.56. The van der Waals surface area contributed by atoms with Crippen LogP contribution in [0.25, 0.3) is 0 Å². The maximum absolute atomic E-state index is 11.4. The largest absolute Gasteiger partial charge is 0.481 e. The Hall–Kier alpha value is -2.71. The molecule has 0 aromatic carbocycles. The Labute approximate surface area is 107 Å². The fourth-order valence-corrected chi connectivity index (χ4v) is 1.25. The monoisotopic (exact) mass is 268 g/mol. The molecule has 3 N–H and O–H groups in total. The Bertz CT molecular complexity index is 491. The van der Waals surface area contributed by atoms with E-state index in [1.165, 1.54) is 12.3 Å². The summed E-state index contributed by atoms with van der Waals surface area (Å²) in [5.41, 5.74) is -0.293. The highest BCUT2D eigenvalue weighted by molar-refractivity contribution is 5.91. The zero-order valence-electron chi connectivity index (χ0n) is 9.83. The number of pyridine rings is 1. The lowest BCUT2D eigenvalue weighted by molar-refractivity contribution is -0.384. The Balaban J connectivity index is 2.48. The summed E-state index contributed by atoms with van der Waals surface area (Å²) in [5.74, 6) is -0.952. The van der Waals surface area contributed by atoms with E-state index in [2.05, 4.69) is 15.6 Å². The van der Waals surface area contributed by atoms with Gasteiger partial charge < -0.3 is 15.7 Å². The average Bonchev–Trinajstić information content (AvgIpc) is 2.35. The number of nitrogens with one attached hydrogen (secondary N) is 2. The first-order valence-electron chi connectivity index (χ1n) is 5.35. The first-order valence-corrected chi connectivity index (χ1v) is 5.35. The van der Waals surface area contributed by atoms with E-state index in [1.807, 2.05) is 0 Å². The number of aromatic nitrogens is 1. The van der Waals surface area contributed by atoms with Crippen molar-refractivity contribution >= 4 is 23.4 Å². The highest BCUT2D eigenvalue weighted by Gasteiger charge is 2.15. The molecule has 0 saturated heterocycles. The molecule has 0 radical (unpaired) electrons. The summed E-state index contributed by atoms with van der Waals surface area (Å²) in [5, 5.41) is 23.8. The third-order valence-electron chi connectivity index (χ3n) is 2.10. The average molecular weight is 268 g/mol. The van der Waals surface area contributed by atoms with Gasteiger partial charge in [0.1, 0.15) is 11.9 Å². The number of nitrogens with zero attached hydrogens (tertiary/aromatic N) is 2. The number of carbonyl (C=O) groups is 2. The van der Waals surface area contributed by atoms with Gasteiger partial charge in [-0.25, -0.2) is 4.79 Å². The Morgan fingerprint density at radius 1 is 1.47 bits per heavy atom. The summed E-state index contributed by atoms with van der Waals surface area (Å²) >= 11 is 0. The summed E-state index contributed by atoms with van der Waals surface area (Å²) in [6.45, 7) is 0.164. The number of aliphatic carboxylic acids is 1. The van der Waals surface area contributed by atoms with Gasteiger partial charge in [-0.1, -0.05) is 0 Å². The van der Waals surface area contributed by atoms with Gasteiger partial charge >= 0.3 is 17.7 Å². The second-order valence-electron chi connectivity index (χ2n) is 3.53. The van der Waals surface area contributed by atoms with Crippen LogP contribution in [0.5, 0.6) is 0 Å². The number of nitro groups is 1. The maximum atomic E-state index is 11.4. The predicted octanol–water partition coefficient (Wildman–Crippen LogP) is 0.976. The molecule has 19 heavy (non-hydrogen) atoms. The number of carboxylic acids is 1. The molecule has 1 heterocycles. The Kier molecular flexibility index (Phi) is 5.20. The second kappa shape index (κ2) is 6.89. The van der Waals surface area contributed by atoms with Gasteiger partial charge in [0, 0.05) is 19.2 Å². The van der Waals surface area contributed by atoms with Crippen LogP contribution in [0.1, 0.15) is 12.8 Å². The van der Waals surface area contributed by atoms with Crippen LogP contribution in [0.15, 0.2) is 18.5 Å². The number of amides is 2. The van der Waals surface area contributed by atoms with Crippen LogP contribution in [0.3, 0.4) is 0 Å². The van der Waals surface area contributed by atoms with Crippen molar-refractivity contribution in [3.63, 3.8) is 0 Å². The minimum atomic E-state index is -0.952. The summed E-state index contributed by atoms with van der Waals surface area (Å²) < 4.78 is 0. The van der Waals surface area contributed by atoms with Gasteiger partial charge in [-0.3, -0.25) is 19.9 Å². The molecule has 0 bridgehead atoms. The Morgan fingerprint density at radius 3 is 2.84 bits per heavy atom. The molecule has 9 heteroatoms. The van der Waals surface area contributed by atoms with E-state index >= 15 is 0 Å². The van der Waals surface area contributed by atoms with E-state index in [1.54, 1.807) is 0 Å². The highest BCUT2D eigenvalue weighted by Crippen LogP contribution is 2.21. The zero-order valence-corrected chi connectivity index (χ0v) is 9.83. The van der Waals surface area contributed by atoms with Gasteiger partial charge in [0.05, 0.1) is 4.92 Å². The van der Waals surface area contributed by atoms with E-state index in [-0.39, 0.29) is 30.8 Å². The van der Waals surface area contributed by atoms with Crippen LogP contribution in [0.4, 0.5) is 16.2 Å². The maximum Gasteiger partial charge on any atom is 0.319 e. The van der Waals surface area contributed by atoms with Crippen LogP contribution in [-0.2, 0) is 4.79 Å². The van der Waals surface area contributed by atoms with Crippen molar-refractivity contribution in [3.8, 4) is 0 Å². The molecule has 102 valence electrons. The molecule has 1 rings (SSSR count). The van der Waals surface area contributed by atoms with E-state index < -0.39 is 16.9 Å². The molecule has 1 aromatic rings. The number of hydrogen-bond acceptors (Lipinski definition) is 5. The molecule has 0 fully saturated rings. The lowest BCUT2D eigenvalue weighted by Gasteiger charge is -2.06. The number of anilines is 1. The zero-order chi connectivity index (χ0) is 14.3. The van der Waals surface area contributed by atoms with Crippen LogP contribution >= 0.6 is 0 Å². The van der Waals surface area contributed by atoms with Crippen molar-refractivity contribution in [3.05, 3.63) is 28.6 Å². The van der Waals surface area contributed by atoms with Crippen LogP contribution < -0.4 is 10.6 Å². The second-order valence-corrected chi connectivity index (χ2v) is 3.53. The summed E-state index contributed by atoms with van der Waals surface area (Å²) in [4.78, 5) is 35.3. The van der Waals surface area contributed by atoms with Gasteiger partial charge in [0.25, 0.3) is 0 Å². The lowest BCUT2D eigenvalue weighted by Crippen LogP contribution is -2.30. The minimum absolute atomic E-state index is 0.0238. The first-order chi connectivity index (χ1) is 9.00. The quantitative estimate of drug-likeness (QED) is 0.400. The fourth-order valence-electron chi connectivity index (χ4n) is 1.25. The molecule has 0 aliphatic heterocycles. The van der Waals surface area contributed by atoms with Crippen LogP contribution in [0, 0.1) is 10.1 Å². The topological polar surface area (TPSA) is 134 Å². The van der Waals surface area contributed by atoms with Gasteiger partial charge in [-0.05, 0) is 12.5 Å². The van der Waals surface area contributed by atoms with E-state index in [0.717, 1.165) is 6.20 Å². The normalized spacial score (nSPS) is 9.68. The van der Waals surface area contributed by atoms with Gasteiger partial charge in [-0.2, -0.15) is 0 Å². The number of carbonyl (C=O) groups excluding carboxylic acids is 1. The Morgan fingerprint density at radius 2 is 2.21 bits per heavy atom. The number of carboxylic acid groups (broad SMARTS) is 1. The van der Waals surface area contributed by atoms with Gasteiger partial charge in [-0.15, -0.1) is 0 Å². The molecule has 2 amide bonds. The molecular formula is C10H12N4O5. The van der Waals surface area contributed by atoms with Crippen molar-refractivity contribution in [2.75, 3.05) is 11.9 Å². The molecule has 0 unspecified atom stereocenters. The van der Waals surface area contributed by atoms with E-state index in [0.29, 0.717) is 0 Å². The molecule has 0 saturated carbocycles. The highest BCUT2D eigenvalue weighted by atomic mass is 16.6. The minimum Gasteiger partial charge on any atom is -0.481 e. The van der Waals surface area contributed by atoms with Crippen molar-refractivity contribution in [1.29, 1.82) is 0 Å². The van der Waals surface area contributed by atoms with Gasteiger partial charge in [0.15, 0.2) is 0 Å². The number of rotatable bonds is 6. The van der Waals surface area contributed by atoms with Crippen LogP contribution in [0.2, 0.25) is 0 Å². The van der Waals surface area contributed by atoms with Gasteiger partial charge in [0.2, 0.25) is 0 Å². The lowest BCUT2D eigenvalue weighted by atomic mass is 10.3. The SMILES string of the molecule is O=C(O)CCCNC(=O)Nc1ccncc1[N+](=O)[O-]. The standard InChI is InChI=1S/C10H12N4O5/c15-9(16)2-1-4-12-10(17)13-7-3-5-11-6-8(7)14(18)19/h3,5-6H,1-2,4H2,(H,15,16)(H2,11,12,13,17). The molecule has 0 atom stereocenters. The fraction of sp³-hybridized carbons (Fsp3) is 0.300. The van der Waals surface area contributed by atoms with Crippen molar-refractivity contribution < 1.29 is 19.6 Å². The first kappa shape index (κ1) is 14.4. The predicted molar refractivity (Wildman–Crippen MR) is 64.8 cm³/mol. The summed E-state index contributed by atoms with van der Waals surface area (Å²) in [6, 6.07) is 0.661. The number of urea groups is 1. The molecule has 0 aliphatic carbocycles.